The summed E-state index contributed by atoms with van der Waals surface area (Å²) < 4.78 is 36.3. The van der Waals surface area contributed by atoms with Gasteiger partial charge in [0, 0.05) is 12.6 Å². The highest BCUT2D eigenvalue weighted by Gasteiger charge is 2.35. The van der Waals surface area contributed by atoms with E-state index in [0.29, 0.717) is 19.4 Å². The van der Waals surface area contributed by atoms with E-state index in [1.165, 1.54) is 4.90 Å². The molecule has 0 spiro atoms. The fourth-order valence-electron chi connectivity index (χ4n) is 1.99. The van der Waals surface area contributed by atoms with Crippen molar-refractivity contribution in [3.05, 3.63) is 0 Å². The van der Waals surface area contributed by atoms with Crippen LogP contribution in [0.2, 0.25) is 0 Å². The highest BCUT2D eigenvalue weighted by molar-refractivity contribution is 4.80. The van der Waals surface area contributed by atoms with Crippen molar-refractivity contribution in [2.75, 3.05) is 19.7 Å². The van der Waals surface area contributed by atoms with E-state index in [2.05, 4.69) is 0 Å². The quantitative estimate of drug-likeness (QED) is 0.766. The van der Waals surface area contributed by atoms with Gasteiger partial charge in [0.25, 0.3) is 0 Å². The average molecular weight is 211 g/mol. The molecule has 1 aliphatic heterocycles. The summed E-state index contributed by atoms with van der Waals surface area (Å²) in [5.74, 6) is 0. The van der Waals surface area contributed by atoms with Gasteiger partial charge >= 0.3 is 6.18 Å². The summed E-state index contributed by atoms with van der Waals surface area (Å²) in [5, 5.41) is 8.60. The molecule has 1 heterocycles. The number of likely N-dealkylation sites (tertiary alicyclic amines) is 1. The van der Waals surface area contributed by atoms with E-state index in [0.717, 1.165) is 12.8 Å². The maximum absolute atomic E-state index is 12.1. The molecule has 1 unspecified atom stereocenters. The van der Waals surface area contributed by atoms with Gasteiger partial charge in [0.1, 0.15) is 0 Å². The average Bonchev–Trinajstić information content (AvgIpc) is 2.45. The van der Waals surface area contributed by atoms with Crippen molar-refractivity contribution in [2.24, 2.45) is 0 Å². The standard InChI is InChI=1S/C9H16F3NO/c10-9(11,12)7-13-5-1-3-8(13)4-2-6-14/h8,14H,1-7H2. The lowest BCUT2D eigenvalue weighted by Crippen LogP contribution is -2.37. The zero-order chi connectivity index (χ0) is 10.6. The van der Waals surface area contributed by atoms with Crippen molar-refractivity contribution >= 4 is 0 Å². The molecule has 1 N–H and O–H groups in total. The third-order valence-corrected chi connectivity index (χ3v) is 2.58. The highest BCUT2D eigenvalue weighted by atomic mass is 19.4. The van der Waals surface area contributed by atoms with Gasteiger partial charge in [-0.15, -0.1) is 0 Å². The first-order valence-electron chi connectivity index (χ1n) is 4.94. The Kier molecular flexibility index (Phi) is 4.19. The molecule has 1 rings (SSSR count). The predicted molar refractivity (Wildman–Crippen MR) is 47.0 cm³/mol. The molecule has 0 aromatic carbocycles. The van der Waals surface area contributed by atoms with Crippen LogP contribution < -0.4 is 0 Å². The zero-order valence-electron chi connectivity index (χ0n) is 8.06. The fourth-order valence-corrected chi connectivity index (χ4v) is 1.99. The Hall–Kier alpha value is -0.290. The number of aliphatic hydroxyl groups excluding tert-OH is 1. The summed E-state index contributed by atoms with van der Waals surface area (Å²) in [6, 6.07) is 0.0174. The first kappa shape index (κ1) is 11.8. The zero-order valence-corrected chi connectivity index (χ0v) is 8.06. The van der Waals surface area contributed by atoms with Gasteiger partial charge in [-0.05, 0) is 32.2 Å². The normalized spacial score (nSPS) is 24.4. The summed E-state index contributed by atoms with van der Waals surface area (Å²) in [6.45, 7) is -0.199. The van der Waals surface area contributed by atoms with Crippen molar-refractivity contribution in [3.63, 3.8) is 0 Å². The number of hydrogen-bond donors (Lipinski definition) is 1. The van der Waals surface area contributed by atoms with Gasteiger partial charge in [-0.25, -0.2) is 0 Å². The third kappa shape index (κ3) is 3.84. The van der Waals surface area contributed by atoms with Crippen LogP contribution in [0.1, 0.15) is 25.7 Å². The highest BCUT2D eigenvalue weighted by Crippen LogP contribution is 2.26. The van der Waals surface area contributed by atoms with Crippen molar-refractivity contribution in [1.29, 1.82) is 0 Å². The van der Waals surface area contributed by atoms with Gasteiger partial charge in [0.15, 0.2) is 0 Å². The van der Waals surface area contributed by atoms with Gasteiger partial charge in [-0.2, -0.15) is 13.2 Å². The lowest BCUT2D eigenvalue weighted by molar-refractivity contribution is -0.147. The number of halogens is 3. The molecule has 2 nitrogen and oxygen atoms in total. The SMILES string of the molecule is OCCCC1CCCN1CC(F)(F)F. The van der Waals surface area contributed by atoms with E-state index in [4.69, 9.17) is 5.11 Å². The smallest absolute Gasteiger partial charge is 0.396 e. The Morgan fingerprint density at radius 1 is 1.36 bits per heavy atom. The molecule has 1 atom stereocenters. The van der Waals surface area contributed by atoms with E-state index in [-0.39, 0.29) is 12.6 Å². The summed E-state index contributed by atoms with van der Waals surface area (Å²) in [7, 11) is 0. The maximum Gasteiger partial charge on any atom is 0.401 e. The number of hydrogen-bond acceptors (Lipinski definition) is 2. The summed E-state index contributed by atoms with van der Waals surface area (Å²) in [4.78, 5) is 1.48. The molecule has 0 amide bonds. The van der Waals surface area contributed by atoms with E-state index in [1.807, 2.05) is 0 Å². The number of rotatable bonds is 4. The molecule has 1 fully saturated rings. The van der Waals surface area contributed by atoms with Gasteiger partial charge in [0.05, 0.1) is 6.54 Å². The Balaban J connectivity index is 2.35. The van der Waals surface area contributed by atoms with Crippen LogP contribution in [0.15, 0.2) is 0 Å². The van der Waals surface area contributed by atoms with Crippen molar-refractivity contribution in [2.45, 2.75) is 37.9 Å². The largest absolute Gasteiger partial charge is 0.401 e. The molecule has 0 aromatic heterocycles. The first-order chi connectivity index (χ1) is 6.53. The number of nitrogens with zero attached hydrogens (tertiary/aromatic N) is 1. The second kappa shape index (κ2) is 4.98. The molecular formula is C9H16F3NO. The number of alkyl halides is 3. The summed E-state index contributed by atoms with van der Waals surface area (Å²) >= 11 is 0. The van der Waals surface area contributed by atoms with Crippen molar-refractivity contribution in [1.82, 2.24) is 4.90 Å². The van der Waals surface area contributed by atoms with Crippen LogP contribution in [0, 0.1) is 0 Å². The van der Waals surface area contributed by atoms with Gasteiger partial charge < -0.3 is 5.11 Å². The van der Waals surface area contributed by atoms with Crippen LogP contribution in [0.5, 0.6) is 0 Å². The van der Waals surface area contributed by atoms with Crippen LogP contribution in [0.3, 0.4) is 0 Å². The van der Waals surface area contributed by atoms with E-state index in [9.17, 15) is 13.2 Å². The molecule has 1 saturated heterocycles. The fraction of sp³-hybridized carbons (Fsp3) is 1.00. The topological polar surface area (TPSA) is 23.5 Å². The lowest BCUT2D eigenvalue weighted by Gasteiger charge is -2.25. The molecule has 0 bridgehead atoms. The van der Waals surface area contributed by atoms with Crippen LogP contribution in [-0.2, 0) is 0 Å². The van der Waals surface area contributed by atoms with Crippen LogP contribution >= 0.6 is 0 Å². The number of aliphatic hydroxyl groups is 1. The molecule has 0 radical (unpaired) electrons. The van der Waals surface area contributed by atoms with Crippen LogP contribution in [0.4, 0.5) is 13.2 Å². The second-order valence-corrected chi connectivity index (χ2v) is 3.75. The minimum atomic E-state index is -4.10. The molecule has 14 heavy (non-hydrogen) atoms. The summed E-state index contributed by atoms with van der Waals surface area (Å²) in [5.41, 5.74) is 0. The predicted octanol–water partition coefficient (Wildman–Crippen LogP) is 1.79. The molecular weight excluding hydrogens is 195 g/mol. The molecule has 1 aliphatic rings. The molecule has 5 heteroatoms. The molecule has 84 valence electrons. The maximum atomic E-state index is 12.1. The Bertz CT molecular complexity index is 172. The third-order valence-electron chi connectivity index (χ3n) is 2.58. The van der Waals surface area contributed by atoms with E-state index < -0.39 is 12.7 Å². The Morgan fingerprint density at radius 3 is 2.64 bits per heavy atom. The van der Waals surface area contributed by atoms with E-state index >= 15 is 0 Å². The van der Waals surface area contributed by atoms with Gasteiger partial charge in [0.2, 0.25) is 0 Å². The first-order valence-corrected chi connectivity index (χ1v) is 4.94. The summed E-state index contributed by atoms with van der Waals surface area (Å²) in [6.07, 6.45) is -1.16. The van der Waals surface area contributed by atoms with Crippen molar-refractivity contribution in [3.8, 4) is 0 Å². The van der Waals surface area contributed by atoms with E-state index in [1.54, 1.807) is 0 Å². The minimum Gasteiger partial charge on any atom is -0.396 e. The van der Waals surface area contributed by atoms with Crippen LogP contribution in [0.25, 0.3) is 0 Å². The van der Waals surface area contributed by atoms with Crippen LogP contribution in [-0.4, -0.2) is 41.9 Å². The van der Waals surface area contributed by atoms with Crippen molar-refractivity contribution < 1.29 is 18.3 Å². The molecule has 0 saturated carbocycles. The molecule has 0 aromatic rings. The van der Waals surface area contributed by atoms with Gasteiger partial charge in [-0.1, -0.05) is 0 Å². The lowest BCUT2D eigenvalue weighted by atomic mass is 10.1. The molecule has 0 aliphatic carbocycles. The monoisotopic (exact) mass is 211 g/mol. The second-order valence-electron chi connectivity index (χ2n) is 3.75. The van der Waals surface area contributed by atoms with Gasteiger partial charge in [-0.3, -0.25) is 4.90 Å². The Morgan fingerprint density at radius 2 is 2.07 bits per heavy atom. The minimum absolute atomic E-state index is 0.0174. The Labute approximate surface area is 81.7 Å².